The summed E-state index contributed by atoms with van der Waals surface area (Å²) in [6.45, 7) is 2.04. The smallest absolute Gasteiger partial charge is 0.0294 e. The van der Waals surface area contributed by atoms with Crippen LogP contribution in [-0.4, -0.2) is 32.1 Å². The molecule has 2 nitrogen and oxygen atoms in total. The molecule has 0 aliphatic rings. The summed E-state index contributed by atoms with van der Waals surface area (Å²) in [7, 11) is 4.05. The van der Waals surface area contributed by atoms with Gasteiger partial charge in [-0.15, -0.1) is 0 Å². The lowest BCUT2D eigenvalue weighted by Gasteiger charge is -2.12. The van der Waals surface area contributed by atoms with Crippen molar-refractivity contribution in [3.8, 4) is 0 Å². The third-order valence-electron chi connectivity index (χ3n) is 2.04. The Balaban J connectivity index is 2.39. The number of likely N-dealkylation sites (N-methyl/N-ethyl adjacent to an activating group) is 2. The van der Waals surface area contributed by atoms with E-state index in [-0.39, 0.29) is 0 Å². The predicted molar refractivity (Wildman–Crippen MR) is 62.0 cm³/mol. The van der Waals surface area contributed by atoms with E-state index in [0.717, 1.165) is 13.1 Å². The highest BCUT2D eigenvalue weighted by molar-refractivity contribution is 5.48. The molecule has 0 saturated heterocycles. The molecule has 0 spiro atoms. The number of rotatable bonds is 5. The number of nitrogens with zero attached hydrogens (tertiary/aromatic N) is 1. The van der Waals surface area contributed by atoms with Gasteiger partial charge < -0.3 is 10.2 Å². The molecule has 14 heavy (non-hydrogen) atoms. The zero-order valence-corrected chi connectivity index (χ0v) is 8.90. The summed E-state index contributed by atoms with van der Waals surface area (Å²) in [6.07, 6.45) is 4.22. The van der Waals surface area contributed by atoms with E-state index in [1.807, 2.05) is 25.2 Å². The lowest BCUT2D eigenvalue weighted by Crippen LogP contribution is -2.22. The van der Waals surface area contributed by atoms with Crippen LogP contribution in [0.2, 0.25) is 0 Å². The van der Waals surface area contributed by atoms with E-state index in [1.54, 1.807) is 0 Å². The number of hydrogen-bond donors (Lipinski definition) is 1. The van der Waals surface area contributed by atoms with Crippen LogP contribution in [0.3, 0.4) is 0 Å². The monoisotopic (exact) mass is 190 g/mol. The molecule has 1 rings (SSSR count). The highest BCUT2D eigenvalue weighted by atomic mass is 15.1. The van der Waals surface area contributed by atoms with Gasteiger partial charge in [0.15, 0.2) is 0 Å². The van der Waals surface area contributed by atoms with Crippen LogP contribution in [0, 0.1) is 0 Å². The molecule has 1 N–H and O–H groups in total. The first-order valence-electron chi connectivity index (χ1n) is 4.91. The van der Waals surface area contributed by atoms with Crippen molar-refractivity contribution < 1.29 is 0 Å². The molecule has 2 heteroatoms. The molecule has 0 saturated carbocycles. The highest BCUT2D eigenvalue weighted by Crippen LogP contribution is 2.01. The summed E-state index contributed by atoms with van der Waals surface area (Å²) in [4.78, 5) is 2.17. The Morgan fingerprint density at radius 3 is 2.64 bits per heavy atom. The molecule has 0 amide bonds. The number of nitrogens with one attached hydrogen (secondary N) is 1. The van der Waals surface area contributed by atoms with E-state index >= 15 is 0 Å². The molecule has 1 aromatic carbocycles. The molecule has 0 bridgehead atoms. The molecule has 0 aliphatic heterocycles. The zero-order valence-electron chi connectivity index (χ0n) is 8.90. The average Bonchev–Trinajstić information content (AvgIpc) is 2.25. The zero-order chi connectivity index (χ0) is 10.2. The van der Waals surface area contributed by atoms with Crippen LogP contribution in [0.25, 0.3) is 6.08 Å². The topological polar surface area (TPSA) is 15.3 Å². The van der Waals surface area contributed by atoms with Gasteiger partial charge >= 0.3 is 0 Å². The Bertz CT molecular complexity index is 267. The van der Waals surface area contributed by atoms with Crippen molar-refractivity contribution >= 4 is 6.08 Å². The average molecular weight is 190 g/mol. The fraction of sp³-hybridized carbons (Fsp3) is 0.333. The van der Waals surface area contributed by atoms with Crippen molar-refractivity contribution in [2.45, 2.75) is 0 Å². The Morgan fingerprint density at radius 2 is 2.00 bits per heavy atom. The molecular formula is C12H18N2. The first-order valence-corrected chi connectivity index (χ1v) is 4.91. The molecule has 1 aromatic rings. The predicted octanol–water partition coefficient (Wildman–Crippen LogP) is 1.81. The Kier molecular flexibility index (Phi) is 4.79. The molecule has 0 aromatic heterocycles. The summed E-state index contributed by atoms with van der Waals surface area (Å²) in [6, 6.07) is 10.3. The standard InChI is InChI=1S/C12H18N2/c1-13-9-11-14(2)10-8-12-6-4-3-5-7-12/h3-8,10,13H,9,11H2,1-2H3. The van der Waals surface area contributed by atoms with Gasteiger partial charge in [-0.2, -0.15) is 0 Å². The van der Waals surface area contributed by atoms with Crippen LogP contribution < -0.4 is 5.32 Å². The van der Waals surface area contributed by atoms with Crippen molar-refractivity contribution in [3.63, 3.8) is 0 Å². The van der Waals surface area contributed by atoms with E-state index in [0.29, 0.717) is 0 Å². The number of benzene rings is 1. The lowest BCUT2D eigenvalue weighted by molar-refractivity contribution is 0.454. The molecule has 0 radical (unpaired) electrons. The van der Waals surface area contributed by atoms with Crippen molar-refractivity contribution in [2.75, 3.05) is 27.2 Å². The van der Waals surface area contributed by atoms with Gasteiger partial charge in [0.05, 0.1) is 0 Å². The summed E-state index contributed by atoms with van der Waals surface area (Å²) >= 11 is 0. The summed E-state index contributed by atoms with van der Waals surface area (Å²) < 4.78 is 0. The Labute approximate surface area is 86.2 Å². The number of hydrogen-bond acceptors (Lipinski definition) is 2. The minimum Gasteiger partial charge on any atom is -0.379 e. The molecule has 0 fully saturated rings. The van der Waals surface area contributed by atoms with E-state index < -0.39 is 0 Å². The minimum absolute atomic E-state index is 1.01. The molecule has 0 unspecified atom stereocenters. The molecule has 0 aliphatic carbocycles. The second kappa shape index (κ2) is 6.22. The van der Waals surface area contributed by atoms with Gasteiger partial charge in [-0.3, -0.25) is 0 Å². The largest absolute Gasteiger partial charge is 0.379 e. The minimum atomic E-state index is 1.01. The Hall–Kier alpha value is -1.28. The summed E-state index contributed by atoms with van der Waals surface area (Å²) in [5.41, 5.74) is 1.24. The van der Waals surface area contributed by atoms with Gasteiger partial charge in [-0.05, 0) is 24.9 Å². The van der Waals surface area contributed by atoms with Crippen LogP contribution in [0.4, 0.5) is 0 Å². The van der Waals surface area contributed by atoms with Gasteiger partial charge in [0.2, 0.25) is 0 Å². The quantitative estimate of drug-likeness (QED) is 0.761. The third kappa shape index (κ3) is 4.10. The highest BCUT2D eigenvalue weighted by Gasteiger charge is 1.88. The maximum Gasteiger partial charge on any atom is 0.0294 e. The van der Waals surface area contributed by atoms with Crippen molar-refractivity contribution in [1.29, 1.82) is 0 Å². The fourth-order valence-corrected chi connectivity index (χ4v) is 1.14. The van der Waals surface area contributed by atoms with Crippen molar-refractivity contribution in [3.05, 3.63) is 42.1 Å². The first kappa shape index (κ1) is 10.8. The second-order valence-electron chi connectivity index (χ2n) is 3.31. The molecular weight excluding hydrogens is 172 g/mol. The molecule has 76 valence electrons. The van der Waals surface area contributed by atoms with Gasteiger partial charge in [0.1, 0.15) is 0 Å². The molecule has 0 atom stereocenters. The van der Waals surface area contributed by atoms with Crippen LogP contribution in [0.5, 0.6) is 0 Å². The van der Waals surface area contributed by atoms with Crippen LogP contribution >= 0.6 is 0 Å². The van der Waals surface area contributed by atoms with Gasteiger partial charge in [0.25, 0.3) is 0 Å². The Morgan fingerprint density at radius 1 is 1.29 bits per heavy atom. The SMILES string of the molecule is CNCCN(C)C=Cc1ccccc1. The van der Waals surface area contributed by atoms with E-state index in [2.05, 4.69) is 41.7 Å². The fourth-order valence-electron chi connectivity index (χ4n) is 1.14. The normalized spacial score (nSPS) is 10.7. The summed E-state index contributed by atoms with van der Waals surface area (Å²) in [5, 5.41) is 3.12. The maximum atomic E-state index is 3.12. The van der Waals surface area contributed by atoms with Crippen LogP contribution in [0.1, 0.15) is 5.56 Å². The van der Waals surface area contributed by atoms with Crippen LogP contribution in [0.15, 0.2) is 36.5 Å². The second-order valence-corrected chi connectivity index (χ2v) is 3.31. The first-order chi connectivity index (χ1) is 6.83. The van der Waals surface area contributed by atoms with Gasteiger partial charge in [-0.1, -0.05) is 30.3 Å². The van der Waals surface area contributed by atoms with Gasteiger partial charge in [-0.25, -0.2) is 0 Å². The van der Waals surface area contributed by atoms with Crippen molar-refractivity contribution in [1.82, 2.24) is 10.2 Å². The van der Waals surface area contributed by atoms with E-state index in [9.17, 15) is 0 Å². The third-order valence-corrected chi connectivity index (χ3v) is 2.04. The lowest BCUT2D eigenvalue weighted by atomic mass is 10.2. The van der Waals surface area contributed by atoms with Crippen LogP contribution in [-0.2, 0) is 0 Å². The van der Waals surface area contributed by atoms with E-state index in [4.69, 9.17) is 0 Å². The molecule has 0 heterocycles. The summed E-state index contributed by atoms with van der Waals surface area (Å²) in [5.74, 6) is 0. The van der Waals surface area contributed by atoms with Gasteiger partial charge in [0, 0.05) is 20.1 Å². The van der Waals surface area contributed by atoms with Crippen molar-refractivity contribution in [2.24, 2.45) is 0 Å². The van der Waals surface area contributed by atoms with E-state index in [1.165, 1.54) is 5.56 Å². The maximum absolute atomic E-state index is 3.12.